The summed E-state index contributed by atoms with van der Waals surface area (Å²) in [4.78, 5) is 0. The second kappa shape index (κ2) is 19.3. The van der Waals surface area contributed by atoms with E-state index in [0.29, 0.717) is 11.8 Å². The standard InChI is InChI=1S/2C10H14.3ClH.2Ru/c2*1-8(2)10-6-4-9(3)5-7-10;;;;;/h2*4-8H,1-3H3;3*1H;;/q;;;;;;+2/p-3. The van der Waals surface area contributed by atoms with Crippen LogP contribution in [0.4, 0.5) is 0 Å². The minimum absolute atomic E-state index is 0. The van der Waals surface area contributed by atoms with Gasteiger partial charge < -0.3 is 37.2 Å². The van der Waals surface area contributed by atoms with E-state index in [0.717, 1.165) is 0 Å². The smallest absolute Gasteiger partial charge is 1.00 e. The molecule has 2 aromatic carbocycles. The van der Waals surface area contributed by atoms with Crippen LogP contribution in [0.25, 0.3) is 0 Å². The largest absolute Gasteiger partial charge is 2.00 e. The van der Waals surface area contributed by atoms with E-state index in [1.54, 1.807) is 0 Å². The Morgan fingerprint density at radius 3 is 0.880 bits per heavy atom. The van der Waals surface area contributed by atoms with E-state index in [1.807, 2.05) is 0 Å². The van der Waals surface area contributed by atoms with E-state index < -0.39 is 0 Å². The van der Waals surface area contributed by atoms with Crippen molar-refractivity contribution in [2.24, 2.45) is 0 Å². The Labute approximate surface area is 199 Å². The molecule has 0 bridgehead atoms. The van der Waals surface area contributed by atoms with Crippen LogP contribution in [0.3, 0.4) is 0 Å². The van der Waals surface area contributed by atoms with Gasteiger partial charge in [-0.3, -0.25) is 0 Å². The van der Waals surface area contributed by atoms with Gasteiger partial charge >= 0.3 is 19.5 Å². The molecule has 0 saturated carbocycles. The van der Waals surface area contributed by atoms with Crippen molar-refractivity contribution < 1.29 is 76.2 Å². The van der Waals surface area contributed by atoms with Crippen molar-refractivity contribution >= 4 is 0 Å². The molecule has 0 nitrogen and oxygen atoms in total. The molecule has 2 aromatic rings. The van der Waals surface area contributed by atoms with Gasteiger partial charge in [-0.05, 0) is 36.8 Å². The maximum Gasteiger partial charge on any atom is 2.00 e. The van der Waals surface area contributed by atoms with Gasteiger partial charge in [-0.25, -0.2) is 0 Å². The van der Waals surface area contributed by atoms with E-state index in [9.17, 15) is 0 Å². The normalized spacial score (nSPS) is 8.32. The van der Waals surface area contributed by atoms with Gasteiger partial charge in [0.2, 0.25) is 0 Å². The average Bonchev–Trinajstić information content (AvgIpc) is 2.40. The van der Waals surface area contributed by atoms with Gasteiger partial charge in [0.05, 0.1) is 0 Å². The van der Waals surface area contributed by atoms with Crippen molar-refractivity contribution in [1.82, 2.24) is 0 Å². The molecule has 0 aliphatic heterocycles. The Hall–Kier alpha value is 0.557. The van der Waals surface area contributed by atoms with Gasteiger partial charge in [-0.15, -0.1) is 0 Å². The molecule has 0 fully saturated rings. The quantitative estimate of drug-likeness (QED) is 0.340. The molecule has 0 spiro atoms. The molecular formula is C20H28Cl3Ru2-. The first-order valence-electron chi connectivity index (χ1n) is 7.53. The van der Waals surface area contributed by atoms with Crippen LogP contribution < -0.4 is 37.2 Å². The Balaban J connectivity index is -0.0000000889. The van der Waals surface area contributed by atoms with Crippen molar-refractivity contribution in [3.05, 3.63) is 70.8 Å². The molecule has 0 N–H and O–H groups in total. The molecular weight excluding hydrogens is 549 g/mol. The summed E-state index contributed by atoms with van der Waals surface area (Å²) in [7, 11) is 0. The van der Waals surface area contributed by atoms with E-state index in [-0.39, 0.29) is 76.2 Å². The fourth-order valence-corrected chi connectivity index (χ4v) is 1.90. The second-order valence-electron chi connectivity index (χ2n) is 6.13. The van der Waals surface area contributed by atoms with Crippen molar-refractivity contribution in [1.29, 1.82) is 0 Å². The zero-order valence-corrected chi connectivity index (χ0v) is 21.4. The summed E-state index contributed by atoms with van der Waals surface area (Å²) in [5.74, 6) is 1.31. The molecule has 146 valence electrons. The third-order valence-electron chi connectivity index (χ3n) is 3.49. The number of hydrogen-bond acceptors (Lipinski definition) is 0. The van der Waals surface area contributed by atoms with Gasteiger partial charge in [0.25, 0.3) is 0 Å². The zero-order valence-electron chi connectivity index (χ0n) is 15.6. The summed E-state index contributed by atoms with van der Waals surface area (Å²) in [5.41, 5.74) is 5.52. The Kier molecular flexibility index (Phi) is 28.2. The minimum atomic E-state index is 0. The Morgan fingerprint density at radius 1 is 0.520 bits per heavy atom. The third-order valence-corrected chi connectivity index (χ3v) is 3.49. The van der Waals surface area contributed by atoms with E-state index in [2.05, 4.69) is 90.1 Å². The van der Waals surface area contributed by atoms with Crippen molar-refractivity contribution in [3.8, 4) is 0 Å². The number of halogens is 3. The predicted octanol–water partition coefficient (Wildman–Crippen LogP) is -2.76. The molecule has 0 atom stereocenters. The molecule has 0 aliphatic rings. The summed E-state index contributed by atoms with van der Waals surface area (Å²) >= 11 is 0. The molecule has 0 radical (unpaired) electrons. The number of hydrogen-bond donors (Lipinski definition) is 0. The van der Waals surface area contributed by atoms with Crippen molar-refractivity contribution in [2.45, 2.75) is 53.4 Å². The van der Waals surface area contributed by atoms with E-state index in [4.69, 9.17) is 0 Å². The topological polar surface area (TPSA) is 0 Å². The summed E-state index contributed by atoms with van der Waals surface area (Å²) < 4.78 is 0. The van der Waals surface area contributed by atoms with Crippen molar-refractivity contribution in [3.63, 3.8) is 0 Å². The van der Waals surface area contributed by atoms with Crippen LogP contribution in [0, 0.1) is 13.8 Å². The number of aryl methyl sites for hydroxylation is 2. The molecule has 0 amide bonds. The van der Waals surface area contributed by atoms with Gasteiger partial charge in [0, 0.05) is 19.5 Å². The van der Waals surface area contributed by atoms with Crippen LogP contribution in [-0.4, -0.2) is 0 Å². The van der Waals surface area contributed by atoms with Crippen LogP contribution in [0.15, 0.2) is 48.5 Å². The van der Waals surface area contributed by atoms with Gasteiger partial charge in [0.1, 0.15) is 0 Å². The maximum absolute atomic E-state index is 2.21. The van der Waals surface area contributed by atoms with E-state index in [1.165, 1.54) is 22.3 Å². The molecule has 0 saturated heterocycles. The Morgan fingerprint density at radius 2 is 0.720 bits per heavy atom. The number of benzene rings is 2. The fraction of sp³-hybridized carbons (Fsp3) is 0.400. The molecule has 5 heteroatoms. The van der Waals surface area contributed by atoms with Gasteiger partial charge in [-0.1, -0.05) is 87.4 Å². The summed E-state index contributed by atoms with van der Waals surface area (Å²) in [5, 5.41) is 0. The molecule has 0 aromatic heterocycles. The SMILES string of the molecule is Cc1ccc(C(C)C)cc1.Cc1ccc(C(C)C)cc1.[Cl-].[Cl-].[Cl-].[Ru+2].[Ru]. The van der Waals surface area contributed by atoms with Crippen LogP contribution in [0.5, 0.6) is 0 Å². The minimum Gasteiger partial charge on any atom is -1.00 e. The molecule has 25 heavy (non-hydrogen) atoms. The van der Waals surface area contributed by atoms with Crippen molar-refractivity contribution in [2.75, 3.05) is 0 Å². The van der Waals surface area contributed by atoms with Gasteiger partial charge in [-0.2, -0.15) is 0 Å². The fourth-order valence-electron chi connectivity index (χ4n) is 1.90. The molecule has 0 unspecified atom stereocenters. The van der Waals surface area contributed by atoms with Gasteiger partial charge in [0.15, 0.2) is 0 Å². The summed E-state index contributed by atoms with van der Waals surface area (Å²) in [6.07, 6.45) is 0. The zero-order chi connectivity index (χ0) is 15.1. The first-order chi connectivity index (χ1) is 9.40. The summed E-state index contributed by atoms with van der Waals surface area (Å²) in [6, 6.07) is 17.4. The second-order valence-corrected chi connectivity index (χ2v) is 6.13. The van der Waals surface area contributed by atoms with Crippen LogP contribution in [0.2, 0.25) is 0 Å². The Bertz CT molecular complexity index is 460. The van der Waals surface area contributed by atoms with Crippen LogP contribution in [0.1, 0.15) is 61.8 Å². The first-order valence-corrected chi connectivity index (χ1v) is 7.53. The third kappa shape index (κ3) is 15.3. The molecule has 0 aliphatic carbocycles. The predicted molar refractivity (Wildman–Crippen MR) is 90.5 cm³/mol. The maximum atomic E-state index is 2.21. The average molecular weight is 577 g/mol. The molecule has 0 heterocycles. The number of rotatable bonds is 2. The molecule has 2 rings (SSSR count). The van der Waals surface area contributed by atoms with E-state index >= 15 is 0 Å². The van der Waals surface area contributed by atoms with Crippen LogP contribution in [-0.2, 0) is 39.0 Å². The van der Waals surface area contributed by atoms with Crippen LogP contribution >= 0.6 is 0 Å². The first kappa shape index (κ1) is 36.5. The monoisotopic (exact) mass is 577 g/mol. The summed E-state index contributed by atoms with van der Waals surface area (Å²) in [6.45, 7) is 13.1.